The summed E-state index contributed by atoms with van der Waals surface area (Å²) in [6.07, 6.45) is 1.06. The normalized spacial score (nSPS) is 16.4. The number of ketones is 1. The number of carbonyl (C=O) groups excluding carboxylic acids is 1. The number of benzene rings is 2. The minimum atomic E-state index is -0.628. The molecule has 3 heteroatoms. The fraction of sp³-hybridized carbons (Fsp3) is 0.318. The van der Waals surface area contributed by atoms with Gasteiger partial charge < -0.3 is 9.15 Å². The van der Waals surface area contributed by atoms with Crippen molar-refractivity contribution in [1.82, 2.24) is 0 Å². The van der Waals surface area contributed by atoms with E-state index in [0.717, 1.165) is 50.1 Å². The fourth-order valence-electron chi connectivity index (χ4n) is 3.94. The molecule has 2 aromatic carbocycles. The molecular formula is C22H22O3. The molecule has 3 aromatic rings. The van der Waals surface area contributed by atoms with Crippen molar-refractivity contribution in [3.8, 4) is 5.75 Å². The Morgan fingerprint density at radius 3 is 2.20 bits per heavy atom. The van der Waals surface area contributed by atoms with Gasteiger partial charge in [-0.1, -0.05) is 12.1 Å². The fourth-order valence-corrected chi connectivity index (χ4v) is 3.94. The Labute approximate surface area is 147 Å². The first kappa shape index (κ1) is 15.9. The van der Waals surface area contributed by atoms with Crippen molar-refractivity contribution in [2.75, 3.05) is 0 Å². The van der Waals surface area contributed by atoms with Crippen LogP contribution in [-0.4, -0.2) is 5.78 Å². The zero-order chi connectivity index (χ0) is 18.0. The molecule has 0 spiro atoms. The van der Waals surface area contributed by atoms with Gasteiger partial charge in [-0.05, 0) is 74.9 Å². The lowest BCUT2D eigenvalue weighted by molar-refractivity contribution is 0.0858. The lowest BCUT2D eigenvalue weighted by atomic mass is 9.93. The van der Waals surface area contributed by atoms with E-state index in [9.17, 15) is 4.79 Å². The summed E-state index contributed by atoms with van der Waals surface area (Å²) < 4.78 is 12.0. The Bertz CT molecular complexity index is 1050. The molecule has 0 N–H and O–H groups in total. The van der Waals surface area contributed by atoms with Crippen molar-refractivity contribution in [1.29, 1.82) is 0 Å². The molecule has 1 atom stereocenters. The number of Topliss-reactive ketones (excluding diaryl/α,β-unsaturated/α-hetero) is 1. The first-order chi connectivity index (χ1) is 11.8. The second-order valence-corrected chi connectivity index (χ2v) is 7.23. The average Bonchev–Trinajstić information content (AvgIpc) is 3.12. The quantitative estimate of drug-likeness (QED) is 0.581. The third-order valence-corrected chi connectivity index (χ3v) is 5.57. The summed E-state index contributed by atoms with van der Waals surface area (Å²) in [5.74, 6) is 0.749. The van der Waals surface area contributed by atoms with Gasteiger partial charge in [-0.25, -0.2) is 0 Å². The smallest absolute Gasteiger partial charge is 0.212 e. The van der Waals surface area contributed by atoms with Gasteiger partial charge in [-0.15, -0.1) is 0 Å². The largest absolute Gasteiger partial charge is 0.476 e. The molecule has 1 aliphatic heterocycles. The van der Waals surface area contributed by atoms with Crippen LogP contribution >= 0.6 is 0 Å². The van der Waals surface area contributed by atoms with Crippen molar-refractivity contribution in [2.24, 2.45) is 0 Å². The molecule has 1 aromatic heterocycles. The highest BCUT2D eigenvalue weighted by Gasteiger charge is 2.38. The molecule has 0 bridgehead atoms. The molecule has 0 fully saturated rings. The van der Waals surface area contributed by atoms with Crippen LogP contribution in [0.15, 0.2) is 22.8 Å². The molecule has 128 valence electrons. The first-order valence-electron chi connectivity index (χ1n) is 8.60. The van der Waals surface area contributed by atoms with Crippen molar-refractivity contribution >= 4 is 16.8 Å². The molecule has 1 aliphatic rings. The first-order valence-corrected chi connectivity index (χ1v) is 8.60. The highest BCUT2D eigenvalue weighted by atomic mass is 16.5. The average molecular weight is 334 g/mol. The van der Waals surface area contributed by atoms with Gasteiger partial charge in [-0.2, -0.15) is 0 Å². The molecule has 0 saturated heterocycles. The Hall–Kier alpha value is -2.55. The van der Waals surface area contributed by atoms with Gasteiger partial charge in [0, 0.05) is 10.9 Å². The molecule has 4 rings (SSSR count). The van der Waals surface area contributed by atoms with Crippen LogP contribution in [0.25, 0.3) is 11.0 Å². The van der Waals surface area contributed by atoms with E-state index < -0.39 is 6.10 Å². The number of furan rings is 1. The number of rotatable bonds is 1. The summed E-state index contributed by atoms with van der Waals surface area (Å²) in [5, 5.41) is 1.00. The lowest BCUT2D eigenvalue weighted by Crippen LogP contribution is -2.11. The molecule has 3 nitrogen and oxygen atoms in total. The van der Waals surface area contributed by atoms with E-state index in [1.165, 1.54) is 5.56 Å². The van der Waals surface area contributed by atoms with E-state index in [4.69, 9.17) is 9.15 Å². The van der Waals surface area contributed by atoms with Crippen LogP contribution in [0.2, 0.25) is 0 Å². The summed E-state index contributed by atoms with van der Waals surface area (Å²) >= 11 is 0. The second-order valence-electron chi connectivity index (χ2n) is 7.23. The van der Waals surface area contributed by atoms with Gasteiger partial charge in [-0.3, -0.25) is 4.79 Å². The number of carbonyl (C=O) groups is 1. The summed E-state index contributed by atoms with van der Waals surface area (Å²) in [4.78, 5) is 13.1. The molecule has 0 saturated carbocycles. The number of fused-ring (bicyclic) bond motifs is 2. The van der Waals surface area contributed by atoms with Gasteiger partial charge >= 0.3 is 0 Å². The van der Waals surface area contributed by atoms with Crippen LogP contribution < -0.4 is 4.74 Å². The molecule has 2 heterocycles. The zero-order valence-corrected chi connectivity index (χ0v) is 15.5. The third kappa shape index (κ3) is 2.08. The van der Waals surface area contributed by atoms with Gasteiger partial charge in [0.25, 0.3) is 0 Å². The summed E-state index contributed by atoms with van der Waals surface area (Å²) in [5.41, 5.74) is 8.95. The van der Waals surface area contributed by atoms with Crippen LogP contribution in [0.5, 0.6) is 5.75 Å². The highest BCUT2D eigenvalue weighted by molar-refractivity contribution is 6.08. The Morgan fingerprint density at radius 1 is 0.840 bits per heavy atom. The number of hydrogen-bond acceptors (Lipinski definition) is 3. The number of hydrogen-bond donors (Lipinski definition) is 0. The standard InChI is InChI=1S/C22H22O3/c1-10-7-12(3)17-16(9-24-20(17)14(10)5)22-19(23)18-13(4)8-11(2)15(6)21(18)25-22/h7-9,22H,1-6H3/t22-/m1/s1. The van der Waals surface area contributed by atoms with Crippen molar-refractivity contribution in [3.63, 3.8) is 0 Å². The minimum Gasteiger partial charge on any atom is -0.476 e. The van der Waals surface area contributed by atoms with Crippen LogP contribution in [-0.2, 0) is 0 Å². The molecule has 0 amide bonds. The second kappa shape index (κ2) is 5.22. The molecule has 0 aliphatic carbocycles. The van der Waals surface area contributed by atoms with Crippen LogP contribution in [0.1, 0.15) is 55.4 Å². The van der Waals surface area contributed by atoms with E-state index in [1.807, 2.05) is 27.7 Å². The van der Waals surface area contributed by atoms with Crippen molar-refractivity contribution in [3.05, 3.63) is 62.9 Å². The Morgan fingerprint density at radius 2 is 1.48 bits per heavy atom. The van der Waals surface area contributed by atoms with E-state index in [1.54, 1.807) is 6.26 Å². The maximum absolute atomic E-state index is 13.1. The van der Waals surface area contributed by atoms with Crippen LogP contribution in [0.3, 0.4) is 0 Å². The van der Waals surface area contributed by atoms with Gasteiger partial charge in [0.1, 0.15) is 11.3 Å². The summed E-state index contributed by atoms with van der Waals surface area (Å²) in [6.45, 7) is 12.2. The van der Waals surface area contributed by atoms with Crippen molar-refractivity contribution < 1.29 is 13.9 Å². The van der Waals surface area contributed by atoms with Gasteiger partial charge in [0.15, 0.2) is 6.10 Å². The molecule has 0 radical (unpaired) electrons. The van der Waals surface area contributed by atoms with E-state index >= 15 is 0 Å². The Balaban J connectivity index is 1.92. The predicted octanol–water partition coefficient (Wildman–Crippen LogP) is 5.60. The van der Waals surface area contributed by atoms with Crippen LogP contribution in [0, 0.1) is 41.5 Å². The third-order valence-electron chi connectivity index (χ3n) is 5.57. The Kier molecular flexibility index (Phi) is 3.33. The van der Waals surface area contributed by atoms with Gasteiger partial charge in [0.05, 0.1) is 11.8 Å². The predicted molar refractivity (Wildman–Crippen MR) is 98.8 cm³/mol. The maximum atomic E-state index is 13.1. The summed E-state index contributed by atoms with van der Waals surface area (Å²) in [6, 6.07) is 4.20. The van der Waals surface area contributed by atoms with E-state index in [2.05, 4.69) is 26.0 Å². The number of aryl methyl sites for hydroxylation is 5. The lowest BCUT2D eigenvalue weighted by Gasteiger charge is -2.11. The highest BCUT2D eigenvalue weighted by Crippen LogP contribution is 2.44. The van der Waals surface area contributed by atoms with Gasteiger partial charge in [0.2, 0.25) is 5.78 Å². The minimum absolute atomic E-state index is 0.0240. The molecular weight excluding hydrogens is 312 g/mol. The monoisotopic (exact) mass is 334 g/mol. The molecule has 25 heavy (non-hydrogen) atoms. The number of ether oxygens (including phenoxy) is 1. The van der Waals surface area contributed by atoms with E-state index in [-0.39, 0.29) is 5.78 Å². The SMILES string of the molecule is Cc1cc(C)c2c(c1C)O[C@H](c1coc3c(C)c(C)cc(C)c13)C2=O. The van der Waals surface area contributed by atoms with Crippen molar-refractivity contribution in [2.45, 2.75) is 47.6 Å². The summed E-state index contributed by atoms with van der Waals surface area (Å²) in [7, 11) is 0. The molecule has 0 unspecified atom stereocenters. The van der Waals surface area contributed by atoms with E-state index in [0.29, 0.717) is 5.56 Å². The maximum Gasteiger partial charge on any atom is 0.212 e. The topological polar surface area (TPSA) is 39.4 Å². The zero-order valence-electron chi connectivity index (χ0n) is 15.5. The van der Waals surface area contributed by atoms with Crippen LogP contribution in [0.4, 0.5) is 0 Å².